The molecule has 0 aromatic rings. The lowest BCUT2D eigenvalue weighted by atomic mass is 10.0. The number of hydrogen-bond donors (Lipinski definition) is 3. The Labute approximate surface area is 121 Å². The molecule has 0 aliphatic rings. The van der Waals surface area contributed by atoms with E-state index in [-0.39, 0.29) is 5.92 Å². The molecule has 0 fully saturated rings. The Morgan fingerprint density at radius 3 is 2.30 bits per heavy atom. The van der Waals surface area contributed by atoms with Gasteiger partial charge in [-0.1, -0.05) is 27.7 Å². The summed E-state index contributed by atoms with van der Waals surface area (Å²) in [6.07, 6.45) is 1.13. The van der Waals surface area contributed by atoms with Crippen LogP contribution < -0.4 is 10.6 Å². The van der Waals surface area contributed by atoms with Gasteiger partial charge < -0.3 is 20.5 Å². The third-order valence-corrected chi connectivity index (χ3v) is 2.51. The number of nitrogens with one attached hydrogen (secondary N) is 2. The van der Waals surface area contributed by atoms with E-state index in [0.29, 0.717) is 38.5 Å². The zero-order valence-corrected chi connectivity index (χ0v) is 12.9. The molecule has 0 rings (SSSR count). The number of carbonyl (C=O) groups is 2. The number of carbonyl (C=O) groups excluding carboxylic acids is 1. The van der Waals surface area contributed by atoms with Gasteiger partial charge in [0.05, 0.1) is 0 Å². The number of urea groups is 1. The summed E-state index contributed by atoms with van der Waals surface area (Å²) < 4.78 is 5.38. The Balaban J connectivity index is 3.77. The van der Waals surface area contributed by atoms with Crippen LogP contribution in [0.25, 0.3) is 0 Å². The van der Waals surface area contributed by atoms with Gasteiger partial charge >= 0.3 is 12.0 Å². The molecule has 0 aliphatic heterocycles. The van der Waals surface area contributed by atoms with Crippen LogP contribution in [-0.4, -0.2) is 42.9 Å². The van der Waals surface area contributed by atoms with E-state index in [1.165, 1.54) is 0 Å². The second-order valence-corrected chi connectivity index (χ2v) is 5.74. The average Bonchev–Trinajstić information content (AvgIpc) is 2.31. The van der Waals surface area contributed by atoms with Crippen LogP contribution in [-0.2, 0) is 9.53 Å². The molecule has 6 heteroatoms. The molecule has 0 radical (unpaired) electrons. The van der Waals surface area contributed by atoms with Crippen LogP contribution in [0.1, 0.15) is 40.5 Å². The molecular formula is C14H28N2O4. The number of hydrogen-bond acceptors (Lipinski definition) is 3. The minimum atomic E-state index is -1.01. The normalized spacial score (nSPS) is 12.5. The highest BCUT2D eigenvalue weighted by atomic mass is 16.5. The number of rotatable bonds is 10. The largest absolute Gasteiger partial charge is 0.480 e. The Morgan fingerprint density at radius 2 is 1.80 bits per heavy atom. The average molecular weight is 288 g/mol. The predicted molar refractivity (Wildman–Crippen MR) is 77.7 cm³/mol. The Bertz CT molecular complexity index is 293. The summed E-state index contributed by atoms with van der Waals surface area (Å²) in [6, 6.07) is -1.28. The topological polar surface area (TPSA) is 87.7 Å². The van der Waals surface area contributed by atoms with Crippen molar-refractivity contribution in [3.63, 3.8) is 0 Å². The van der Waals surface area contributed by atoms with Gasteiger partial charge in [0.15, 0.2) is 0 Å². The van der Waals surface area contributed by atoms with Gasteiger partial charge in [0, 0.05) is 19.8 Å². The Morgan fingerprint density at radius 1 is 1.15 bits per heavy atom. The molecule has 1 atom stereocenters. The number of carboxylic acid groups (broad SMARTS) is 1. The first kappa shape index (κ1) is 18.7. The van der Waals surface area contributed by atoms with Crippen molar-refractivity contribution in [3.05, 3.63) is 0 Å². The molecular weight excluding hydrogens is 260 g/mol. The summed E-state index contributed by atoms with van der Waals surface area (Å²) in [5.74, 6) is -0.298. The molecule has 0 heterocycles. The fourth-order valence-electron chi connectivity index (χ4n) is 1.60. The number of amides is 2. The molecule has 0 aromatic heterocycles. The van der Waals surface area contributed by atoms with Crippen molar-refractivity contribution >= 4 is 12.0 Å². The van der Waals surface area contributed by atoms with Crippen LogP contribution in [0.4, 0.5) is 4.79 Å². The molecule has 0 saturated heterocycles. The fraction of sp³-hybridized carbons (Fsp3) is 0.857. The first-order valence-electron chi connectivity index (χ1n) is 7.17. The van der Waals surface area contributed by atoms with Crippen molar-refractivity contribution in [1.82, 2.24) is 10.6 Å². The number of ether oxygens (including phenoxy) is 1. The molecule has 0 bridgehead atoms. The minimum absolute atomic E-state index is 0.209. The van der Waals surface area contributed by atoms with Crippen molar-refractivity contribution in [1.29, 1.82) is 0 Å². The van der Waals surface area contributed by atoms with Crippen LogP contribution in [0.15, 0.2) is 0 Å². The standard InChI is InChI=1S/C14H28N2O4/c1-10(2)8-12(13(17)18)16-14(19)15-6-5-7-20-9-11(3)4/h10-12H,5-9H2,1-4H3,(H,17,18)(H2,15,16,19)/t12-/m0/s1. The molecule has 118 valence electrons. The van der Waals surface area contributed by atoms with Crippen LogP contribution in [0.3, 0.4) is 0 Å². The summed E-state index contributed by atoms with van der Waals surface area (Å²) in [6.45, 7) is 9.76. The fourth-order valence-corrected chi connectivity index (χ4v) is 1.60. The lowest BCUT2D eigenvalue weighted by Gasteiger charge is -2.17. The third-order valence-electron chi connectivity index (χ3n) is 2.51. The zero-order chi connectivity index (χ0) is 15.5. The molecule has 0 aliphatic carbocycles. The first-order valence-corrected chi connectivity index (χ1v) is 7.17. The predicted octanol–water partition coefficient (Wildman–Crippen LogP) is 1.85. The number of aliphatic carboxylic acids is 1. The Kier molecular flexibility index (Phi) is 9.80. The van der Waals surface area contributed by atoms with Gasteiger partial charge in [-0.15, -0.1) is 0 Å². The van der Waals surface area contributed by atoms with E-state index in [1.54, 1.807) is 0 Å². The van der Waals surface area contributed by atoms with Crippen LogP contribution in [0.2, 0.25) is 0 Å². The van der Waals surface area contributed by atoms with Crippen LogP contribution >= 0.6 is 0 Å². The van der Waals surface area contributed by atoms with Gasteiger partial charge in [-0.2, -0.15) is 0 Å². The highest BCUT2D eigenvalue weighted by molar-refractivity contribution is 5.82. The summed E-state index contributed by atoms with van der Waals surface area (Å²) in [5.41, 5.74) is 0. The molecule has 0 aromatic carbocycles. The SMILES string of the molecule is CC(C)COCCCNC(=O)N[C@@H](CC(C)C)C(=O)O. The molecule has 2 amide bonds. The number of carboxylic acids is 1. The van der Waals surface area contributed by atoms with Gasteiger partial charge in [-0.25, -0.2) is 9.59 Å². The Hall–Kier alpha value is -1.30. The van der Waals surface area contributed by atoms with E-state index in [0.717, 1.165) is 0 Å². The lowest BCUT2D eigenvalue weighted by molar-refractivity contribution is -0.139. The second-order valence-electron chi connectivity index (χ2n) is 5.74. The summed E-state index contributed by atoms with van der Waals surface area (Å²) in [5, 5.41) is 14.1. The molecule has 0 spiro atoms. The lowest BCUT2D eigenvalue weighted by Crippen LogP contribution is -2.46. The maximum atomic E-state index is 11.6. The zero-order valence-electron chi connectivity index (χ0n) is 12.9. The molecule has 3 N–H and O–H groups in total. The van der Waals surface area contributed by atoms with Gasteiger partial charge in [-0.05, 0) is 24.7 Å². The van der Waals surface area contributed by atoms with E-state index in [4.69, 9.17) is 9.84 Å². The van der Waals surface area contributed by atoms with Crippen molar-refractivity contribution in [3.8, 4) is 0 Å². The molecule has 0 saturated carbocycles. The van der Waals surface area contributed by atoms with Gasteiger partial charge in [0.1, 0.15) is 6.04 Å². The second kappa shape index (κ2) is 10.5. The first-order chi connectivity index (χ1) is 9.32. The van der Waals surface area contributed by atoms with Crippen molar-refractivity contribution < 1.29 is 19.4 Å². The van der Waals surface area contributed by atoms with E-state index in [9.17, 15) is 9.59 Å². The van der Waals surface area contributed by atoms with Crippen molar-refractivity contribution in [2.45, 2.75) is 46.6 Å². The molecule has 20 heavy (non-hydrogen) atoms. The van der Waals surface area contributed by atoms with Gasteiger partial charge in [0.25, 0.3) is 0 Å². The maximum absolute atomic E-state index is 11.6. The van der Waals surface area contributed by atoms with E-state index >= 15 is 0 Å². The quantitative estimate of drug-likeness (QED) is 0.535. The van der Waals surface area contributed by atoms with E-state index < -0.39 is 18.0 Å². The molecule has 0 unspecified atom stereocenters. The van der Waals surface area contributed by atoms with Crippen LogP contribution in [0.5, 0.6) is 0 Å². The van der Waals surface area contributed by atoms with Crippen LogP contribution in [0, 0.1) is 11.8 Å². The van der Waals surface area contributed by atoms with Gasteiger partial charge in [-0.3, -0.25) is 0 Å². The monoisotopic (exact) mass is 288 g/mol. The third kappa shape index (κ3) is 10.6. The minimum Gasteiger partial charge on any atom is -0.480 e. The highest BCUT2D eigenvalue weighted by Crippen LogP contribution is 2.04. The van der Waals surface area contributed by atoms with Gasteiger partial charge in [0.2, 0.25) is 0 Å². The van der Waals surface area contributed by atoms with E-state index in [2.05, 4.69) is 24.5 Å². The summed E-state index contributed by atoms with van der Waals surface area (Å²) >= 11 is 0. The maximum Gasteiger partial charge on any atom is 0.326 e. The highest BCUT2D eigenvalue weighted by Gasteiger charge is 2.20. The summed E-state index contributed by atoms with van der Waals surface area (Å²) in [7, 11) is 0. The van der Waals surface area contributed by atoms with Crippen molar-refractivity contribution in [2.75, 3.05) is 19.8 Å². The van der Waals surface area contributed by atoms with E-state index in [1.807, 2.05) is 13.8 Å². The summed E-state index contributed by atoms with van der Waals surface area (Å²) in [4.78, 5) is 22.5. The van der Waals surface area contributed by atoms with Crippen molar-refractivity contribution in [2.24, 2.45) is 11.8 Å². The molecule has 6 nitrogen and oxygen atoms in total. The smallest absolute Gasteiger partial charge is 0.326 e.